The zero-order valence-corrected chi connectivity index (χ0v) is 9.76. The molecule has 1 atom stereocenters. The summed E-state index contributed by atoms with van der Waals surface area (Å²) < 4.78 is 0. The molecule has 0 radical (unpaired) electrons. The van der Waals surface area contributed by atoms with Crippen molar-refractivity contribution in [1.82, 2.24) is 0 Å². The maximum absolute atomic E-state index is 9.41. The van der Waals surface area contributed by atoms with E-state index in [9.17, 15) is 5.11 Å². The Balaban J connectivity index is 1.92. The second-order valence-corrected chi connectivity index (χ2v) is 5.08. The number of benzene rings is 2. The standard InChI is InChI=1S/C15H17NO/c16-15(7-10-1-2-10)13-4-3-12-9-14(17)6-5-11(12)8-13/h3-6,8-10,15,17H,1-2,7,16H2/t15-/m0/s1. The number of hydrogen-bond acceptors (Lipinski definition) is 2. The van der Waals surface area contributed by atoms with Gasteiger partial charge in [-0.15, -0.1) is 0 Å². The van der Waals surface area contributed by atoms with Crippen LogP contribution in [0.15, 0.2) is 36.4 Å². The van der Waals surface area contributed by atoms with Gasteiger partial charge < -0.3 is 10.8 Å². The smallest absolute Gasteiger partial charge is 0.116 e. The van der Waals surface area contributed by atoms with Crippen LogP contribution < -0.4 is 5.73 Å². The molecule has 0 unspecified atom stereocenters. The summed E-state index contributed by atoms with van der Waals surface area (Å²) in [4.78, 5) is 0. The SMILES string of the molecule is N[C@@H](CC1CC1)c1ccc2cc(O)ccc2c1. The molecule has 3 rings (SSSR count). The Labute approximate surface area is 101 Å². The molecule has 3 N–H and O–H groups in total. The maximum atomic E-state index is 9.41. The number of phenols is 1. The summed E-state index contributed by atoms with van der Waals surface area (Å²) in [5.74, 6) is 1.16. The molecule has 0 bridgehead atoms. The first-order valence-electron chi connectivity index (χ1n) is 6.20. The van der Waals surface area contributed by atoms with Crippen LogP contribution in [0.1, 0.15) is 30.9 Å². The zero-order valence-electron chi connectivity index (χ0n) is 9.76. The molecule has 1 fully saturated rings. The van der Waals surface area contributed by atoms with Crippen LogP contribution in [-0.2, 0) is 0 Å². The highest BCUT2D eigenvalue weighted by atomic mass is 16.3. The lowest BCUT2D eigenvalue weighted by Gasteiger charge is -2.12. The molecule has 1 aliphatic rings. The van der Waals surface area contributed by atoms with Crippen molar-refractivity contribution in [3.63, 3.8) is 0 Å². The van der Waals surface area contributed by atoms with Gasteiger partial charge in [-0.25, -0.2) is 0 Å². The summed E-state index contributed by atoms with van der Waals surface area (Å²) in [7, 11) is 0. The molecule has 2 aromatic rings. The third kappa shape index (κ3) is 2.27. The van der Waals surface area contributed by atoms with Crippen LogP contribution in [0.3, 0.4) is 0 Å². The number of hydrogen-bond donors (Lipinski definition) is 2. The first kappa shape index (κ1) is 10.6. The molecule has 0 saturated heterocycles. The van der Waals surface area contributed by atoms with Gasteiger partial charge >= 0.3 is 0 Å². The second kappa shape index (κ2) is 4.04. The quantitative estimate of drug-likeness (QED) is 0.844. The molecule has 88 valence electrons. The molecule has 2 nitrogen and oxygen atoms in total. The van der Waals surface area contributed by atoms with Crippen molar-refractivity contribution in [2.24, 2.45) is 11.7 Å². The first-order valence-corrected chi connectivity index (χ1v) is 6.20. The molecule has 0 amide bonds. The van der Waals surface area contributed by atoms with Crippen LogP contribution >= 0.6 is 0 Å². The van der Waals surface area contributed by atoms with E-state index < -0.39 is 0 Å². The average molecular weight is 227 g/mol. The highest BCUT2D eigenvalue weighted by molar-refractivity contribution is 5.84. The van der Waals surface area contributed by atoms with Gasteiger partial charge in [-0.1, -0.05) is 31.0 Å². The summed E-state index contributed by atoms with van der Waals surface area (Å²) in [6.07, 6.45) is 3.79. The molecule has 0 aliphatic heterocycles. The van der Waals surface area contributed by atoms with Crippen LogP contribution in [0.4, 0.5) is 0 Å². The minimum Gasteiger partial charge on any atom is -0.508 e. The van der Waals surface area contributed by atoms with E-state index >= 15 is 0 Å². The summed E-state index contributed by atoms with van der Waals surface area (Å²) in [5.41, 5.74) is 7.41. The third-order valence-corrected chi connectivity index (χ3v) is 3.56. The van der Waals surface area contributed by atoms with Gasteiger partial charge in [0.25, 0.3) is 0 Å². The minimum absolute atomic E-state index is 0.153. The third-order valence-electron chi connectivity index (χ3n) is 3.56. The fourth-order valence-electron chi connectivity index (χ4n) is 2.33. The number of fused-ring (bicyclic) bond motifs is 1. The number of nitrogens with two attached hydrogens (primary N) is 1. The lowest BCUT2D eigenvalue weighted by molar-refractivity contribution is 0.476. The Morgan fingerprint density at radius 1 is 1.12 bits per heavy atom. The summed E-state index contributed by atoms with van der Waals surface area (Å²) in [5, 5.41) is 11.6. The first-order chi connectivity index (χ1) is 8.22. The number of rotatable bonds is 3. The predicted molar refractivity (Wildman–Crippen MR) is 69.9 cm³/mol. The largest absolute Gasteiger partial charge is 0.508 e. The van der Waals surface area contributed by atoms with E-state index in [0.717, 1.165) is 23.1 Å². The predicted octanol–water partition coefficient (Wildman–Crippen LogP) is 3.35. The zero-order chi connectivity index (χ0) is 11.8. The Morgan fingerprint density at radius 3 is 2.59 bits per heavy atom. The van der Waals surface area contributed by atoms with Crippen molar-refractivity contribution in [1.29, 1.82) is 0 Å². The van der Waals surface area contributed by atoms with Crippen LogP contribution in [-0.4, -0.2) is 5.11 Å². The van der Waals surface area contributed by atoms with Crippen molar-refractivity contribution in [2.75, 3.05) is 0 Å². The molecular formula is C15H17NO. The van der Waals surface area contributed by atoms with Gasteiger partial charge in [0.15, 0.2) is 0 Å². The highest BCUT2D eigenvalue weighted by Crippen LogP contribution is 2.37. The maximum Gasteiger partial charge on any atom is 0.116 e. The fourth-order valence-corrected chi connectivity index (χ4v) is 2.33. The van der Waals surface area contributed by atoms with Gasteiger partial charge in [0.2, 0.25) is 0 Å². The lowest BCUT2D eigenvalue weighted by atomic mass is 9.99. The van der Waals surface area contributed by atoms with Gasteiger partial charge in [-0.05, 0) is 46.9 Å². The topological polar surface area (TPSA) is 46.2 Å². The van der Waals surface area contributed by atoms with E-state index in [0.29, 0.717) is 5.75 Å². The Hall–Kier alpha value is -1.54. The van der Waals surface area contributed by atoms with Crippen molar-refractivity contribution < 1.29 is 5.11 Å². The van der Waals surface area contributed by atoms with Gasteiger partial charge in [0, 0.05) is 6.04 Å². The molecule has 0 spiro atoms. The molecule has 2 heteroatoms. The van der Waals surface area contributed by atoms with Crippen LogP contribution in [0.5, 0.6) is 5.75 Å². The lowest BCUT2D eigenvalue weighted by Crippen LogP contribution is -2.10. The van der Waals surface area contributed by atoms with E-state index in [1.165, 1.54) is 18.4 Å². The van der Waals surface area contributed by atoms with Gasteiger partial charge in [-0.3, -0.25) is 0 Å². The summed E-state index contributed by atoms with van der Waals surface area (Å²) >= 11 is 0. The van der Waals surface area contributed by atoms with Gasteiger partial charge in [0.1, 0.15) is 5.75 Å². The normalized spacial score (nSPS) is 17.2. The molecule has 1 saturated carbocycles. The highest BCUT2D eigenvalue weighted by Gasteiger charge is 2.24. The van der Waals surface area contributed by atoms with Crippen molar-refractivity contribution in [3.8, 4) is 5.75 Å². The number of phenolic OH excluding ortho intramolecular Hbond substituents is 1. The average Bonchev–Trinajstić information content (AvgIpc) is 3.12. The van der Waals surface area contributed by atoms with E-state index in [1.807, 2.05) is 12.1 Å². The Morgan fingerprint density at radius 2 is 1.82 bits per heavy atom. The minimum atomic E-state index is 0.153. The van der Waals surface area contributed by atoms with Crippen LogP contribution in [0, 0.1) is 5.92 Å². The Kier molecular flexibility index (Phi) is 2.52. The summed E-state index contributed by atoms with van der Waals surface area (Å²) in [6, 6.07) is 11.9. The Bertz CT molecular complexity index is 546. The molecule has 0 aromatic heterocycles. The van der Waals surface area contributed by atoms with Crippen LogP contribution in [0.25, 0.3) is 10.8 Å². The monoisotopic (exact) mass is 227 g/mol. The van der Waals surface area contributed by atoms with Crippen molar-refractivity contribution in [3.05, 3.63) is 42.0 Å². The van der Waals surface area contributed by atoms with Crippen molar-refractivity contribution in [2.45, 2.75) is 25.3 Å². The molecule has 2 aromatic carbocycles. The summed E-state index contributed by atoms with van der Waals surface area (Å²) in [6.45, 7) is 0. The fraction of sp³-hybridized carbons (Fsp3) is 0.333. The van der Waals surface area contributed by atoms with E-state index in [1.54, 1.807) is 12.1 Å². The van der Waals surface area contributed by atoms with Crippen molar-refractivity contribution >= 4 is 10.8 Å². The second-order valence-electron chi connectivity index (χ2n) is 5.08. The van der Waals surface area contributed by atoms with Crippen LogP contribution in [0.2, 0.25) is 0 Å². The van der Waals surface area contributed by atoms with E-state index in [-0.39, 0.29) is 6.04 Å². The van der Waals surface area contributed by atoms with E-state index in [4.69, 9.17) is 5.73 Å². The molecule has 0 heterocycles. The molecule has 1 aliphatic carbocycles. The van der Waals surface area contributed by atoms with E-state index in [2.05, 4.69) is 12.1 Å². The number of aromatic hydroxyl groups is 1. The van der Waals surface area contributed by atoms with Gasteiger partial charge in [-0.2, -0.15) is 0 Å². The van der Waals surface area contributed by atoms with Gasteiger partial charge in [0.05, 0.1) is 0 Å². The molecular weight excluding hydrogens is 210 g/mol. The molecule has 17 heavy (non-hydrogen) atoms.